The van der Waals surface area contributed by atoms with E-state index >= 15 is 0 Å². The number of ether oxygens (including phenoxy) is 2. The molecule has 0 saturated carbocycles. The van der Waals surface area contributed by atoms with Crippen molar-refractivity contribution < 1.29 is 19.1 Å². The van der Waals surface area contributed by atoms with Crippen LogP contribution in [0.1, 0.15) is 22.8 Å². The molecule has 0 atom stereocenters. The van der Waals surface area contributed by atoms with E-state index in [0.29, 0.717) is 46.5 Å². The smallest absolute Gasteiger partial charge is 0.221 e. The molecule has 1 aliphatic rings. The molecule has 0 saturated heterocycles. The molecule has 0 bridgehead atoms. The number of halogens is 1. The molecular weight excluding hydrogens is 318 g/mol. The van der Waals surface area contributed by atoms with Gasteiger partial charge in [0, 0.05) is 23.6 Å². The summed E-state index contributed by atoms with van der Waals surface area (Å²) in [7, 11) is 0. The number of anilines is 1. The van der Waals surface area contributed by atoms with Crippen LogP contribution in [0.15, 0.2) is 36.4 Å². The molecule has 1 heterocycles. The average Bonchev–Trinajstić information content (AvgIpc) is 2.54. The number of amides is 1. The molecule has 0 aromatic heterocycles. The summed E-state index contributed by atoms with van der Waals surface area (Å²) in [5.74, 6) is 0.490. The van der Waals surface area contributed by atoms with E-state index in [4.69, 9.17) is 21.1 Å². The fraction of sp³-hybridized carbons (Fsp3) is 0.176. The first kappa shape index (κ1) is 15.4. The van der Waals surface area contributed by atoms with E-state index in [1.165, 1.54) is 6.92 Å². The number of benzene rings is 2. The molecule has 23 heavy (non-hydrogen) atoms. The third-order valence-corrected chi connectivity index (χ3v) is 3.60. The van der Waals surface area contributed by atoms with Crippen molar-refractivity contribution in [3.05, 3.63) is 52.5 Å². The standard InChI is InChI=1S/C17H14ClNO4/c1-10(20)19-14-9-16-15(22-6-7-23-16)8-13(14)17(21)11-2-4-12(18)5-3-11/h2-5,8-9H,6-7H2,1H3,(H,19,20). The van der Waals surface area contributed by atoms with Gasteiger partial charge in [0.15, 0.2) is 17.3 Å². The summed E-state index contributed by atoms with van der Waals surface area (Å²) in [5.41, 5.74) is 1.20. The second-order valence-electron chi connectivity index (χ2n) is 5.06. The van der Waals surface area contributed by atoms with Crippen LogP contribution in [-0.4, -0.2) is 24.9 Å². The molecule has 0 fully saturated rings. The lowest BCUT2D eigenvalue weighted by atomic mass is 10.0. The molecule has 3 rings (SSSR count). The maximum atomic E-state index is 12.8. The zero-order valence-corrected chi connectivity index (χ0v) is 13.1. The molecule has 0 spiro atoms. The largest absolute Gasteiger partial charge is 0.486 e. The molecule has 2 aromatic carbocycles. The van der Waals surface area contributed by atoms with Crippen LogP contribution in [0.5, 0.6) is 11.5 Å². The fourth-order valence-corrected chi connectivity index (χ4v) is 2.45. The van der Waals surface area contributed by atoms with Crippen molar-refractivity contribution in [1.82, 2.24) is 0 Å². The van der Waals surface area contributed by atoms with Gasteiger partial charge in [0.05, 0.1) is 11.3 Å². The Bertz CT molecular complexity index is 771. The Hall–Kier alpha value is -2.53. The minimum Gasteiger partial charge on any atom is -0.486 e. The van der Waals surface area contributed by atoms with E-state index in [1.54, 1.807) is 36.4 Å². The molecule has 5 nitrogen and oxygen atoms in total. The van der Waals surface area contributed by atoms with Gasteiger partial charge in [0.25, 0.3) is 0 Å². The van der Waals surface area contributed by atoms with Gasteiger partial charge in [-0.2, -0.15) is 0 Å². The second-order valence-corrected chi connectivity index (χ2v) is 5.50. The van der Waals surface area contributed by atoms with Crippen molar-refractivity contribution in [3.8, 4) is 11.5 Å². The fourth-order valence-electron chi connectivity index (χ4n) is 2.33. The van der Waals surface area contributed by atoms with Crippen molar-refractivity contribution in [3.63, 3.8) is 0 Å². The quantitative estimate of drug-likeness (QED) is 0.876. The van der Waals surface area contributed by atoms with Crippen LogP contribution in [-0.2, 0) is 4.79 Å². The maximum Gasteiger partial charge on any atom is 0.221 e. The lowest BCUT2D eigenvalue weighted by Gasteiger charge is -2.21. The van der Waals surface area contributed by atoms with E-state index in [-0.39, 0.29) is 11.7 Å². The summed E-state index contributed by atoms with van der Waals surface area (Å²) in [4.78, 5) is 24.2. The number of hydrogen-bond donors (Lipinski definition) is 1. The predicted molar refractivity (Wildman–Crippen MR) is 86.6 cm³/mol. The van der Waals surface area contributed by atoms with Gasteiger partial charge in [-0.3, -0.25) is 9.59 Å². The number of fused-ring (bicyclic) bond motifs is 1. The molecule has 1 N–H and O–H groups in total. The zero-order valence-electron chi connectivity index (χ0n) is 12.4. The number of carbonyl (C=O) groups is 2. The minimum absolute atomic E-state index is 0.234. The summed E-state index contributed by atoms with van der Waals surface area (Å²) in [5, 5.41) is 3.21. The Morgan fingerprint density at radius 3 is 2.26 bits per heavy atom. The van der Waals surface area contributed by atoms with Gasteiger partial charge >= 0.3 is 0 Å². The number of hydrogen-bond acceptors (Lipinski definition) is 4. The molecule has 1 amide bonds. The first-order valence-electron chi connectivity index (χ1n) is 7.06. The third kappa shape index (κ3) is 3.29. The highest BCUT2D eigenvalue weighted by Crippen LogP contribution is 2.36. The number of ketones is 1. The Morgan fingerprint density at radius 2 is 1.65 bits per heavy atom. The summed E-state index contributed by atoms with van der Waals surface area (Å²) >= 11 is 5.85. The maximum absolute atomic E-state index is 12.8. The topological polar surface area (TPSA) is 64.6 Å². The Labute approximate surface area is 138 Å². The summed E-state index contributed by atoms with van der Waals surface area (Å²) in [6.45, 7) is 2.23. The van der Waals surface area contributed by atoms with Crippen LogP contribution >= 0.6 is 11.6 Å². The van der Waals surface area contributed by atoms with E-state index in [9.17, 15) is 9.59 Å². The molecule has 118 valence electrons. The van der Waals surface area contributed by atoms with Crippen molar-refractivity contribution in [2.45, 2.75) is 6.92 Å². The first-order chi connectivity index (χ1) is 11.0. The average molecular weight is 332 g/mol. The SMILES string of the molecule is CC(=O)Nc1cc2c(cc1C(=O)c1ccc(Cl)cc1)OCCO2. The van der Waals surface area contributed by atoms with Crippen molar-refractivity contribution in [2.75, 3.05) is 18.5 Å². The zero-order chi connectivity index (χ0) is 16.4. The number of nitrogens with one attached hydrogen (secondary N) is 1. The predicted octanol–water partition coefficient (Wildman–Crippen LogP) is 3.30. The van der Waals surface area contributed by atoms with Crippen LogP contribution < -0.4 is 14.8 Å². The molecule has 0 aliphatic carbocycles. The highest BCUT2D eigenvalue weighted by molar-refractivity contribution is 6.30. The molecule has 6 heteroatoms. The van der Waals surface area contributed by atoms with Crippen molar-refractivity contribution in [1.29, 1.82) is 0 Å². The van der Waals surface area contributed by atoms with Gasteiger partial charge in [-0.1, -0.05) is 11.6 Å². The van der Waals surface area contributed by atoms with Crippen LogP contribution in [0.2, 0.25) is 5.02 Å². The molecule has 0 radical (unpaired) electrons. The van der Waals surface area contributed by atoms with E-state index in [1.807, 2.05) is 0 Å². The van der Waals surface area contributed by atoms with Crippen LogP contribution in [0.3, 0.4) is 0 Å². The van der Waals surface area contributed by atoms with Crippen LogP contribution in [0.25, 0.3) is 0 Å². The molecular formula is C17H14ClNO4. The Kier molecular flexibility index (Phi) is 4.21. The Balaban J connectivity index is 2.06. The van der Waals surface area contributed by atoms with Crippen molar-refractivity contribution in [2.24, 2.45) is 0 Å². The summed E-state index contributed by atoms with van der Waals surface area (Å²) < 4.78 is 11.0. The monoisotopic (exact) mass is 331 g/mol. The van der Waals surface area contributed by atoms with Gasteiger partial charge in [-0.25, -0.2) is 0 Å². The van der Waals surface area contributed by atoms with Gasteiger partial charge in [0.1, 0.15) is 13.2 Å². The van der Waals surface area contributed by atoms with Crippen LogP contribution in [0, 0.1) is 0 Å². The number of rotatable bonds is 3. The minimum atomic E-state index is -0.271. The summed E-state index contributed by atoms with van der Waals surface area (Å²) in [6, 6.07) is 9.77. The molecule has 2 aromatic rings. The Morgan fingerprint density at radius 1 is 1.04 bits per heavy atom. The third-order valence-electron chi connectivity index (χ3n) is 3.34. The first-order valence-corrected chi connectivity index (χ1v) is 7.44. The van der Waals surface area contributed by atoms with Gasteiger partial charge in [-0.05, 0) is 30.3 Å². The second kappa shape index (κ2) is 6.30. The lowest BCUT2D eigenvalue weighted by molar-refractivity contribution is -0.114. The van der Waals surface area contributed by atoms with Gasteiger partial charge < -0.3 is 14.8 Å². The lowest BCUT2D eigenvalue weighted by Crippen LogP contribution is -2.18. The number of carbonyl (C=O) groups excluding carboxylic acids is 2. The normalized spacial score (nSPS) is 12.6. The van der Waals surface area contributed by atoms with Gasteiger partial charge in [0.2, 0.25) is 5.91 Å². The van der Waals surface area contributed by atoms with E-state index in [2.05, 4.69) is 5.32 Å². The summed E-state index contributed by atoms with van der Waals surface area (Å²) in [6.07, 6.45) is 0. The van der Waals surface area contributed by atoms with Crippen LogP contribution in [0.4, 0.5) is 5.69 Å². The van der Waals surface area contributed by atoms with E-state index in [0.717, 1.165) is 0 Å². The van der Waals surface area contributed by atoms with E-state index < -0.39 is 0 Å². The highest BCUT2D eigenvalue weighted by atomic mass is 35.5. The molecule has 0 unspecified atom stereocenters. The van der Waals surface area contributed by atoms with Gasteiger partial charge in [-0.15, -0.1) is 0 Å². The highest BCUT2D eigenvalue weighted by Gasteiger charge is 2.21. The molecule has 1 aliphatic heterocycles. The van der Waals surface area contributed by atoms with Crippen molar-refractivity contribution >= 4 is 29.0 Å².